The Labute approximate surface area is 118 Å². The van der Waals surface area contributed by atoms with E-state index in [4.69, 9.17) is 9.84 Å². The summed E-state index contributed by atoms with van der Waals surface area (Å²) in [5.41, 5.74) is 0.0145. The van der Waals surface area contributed by atoms with Gasteiger partial charge in [0.1, 0.15) is 0 Å². The van der Waals surface area contributed by atoms with Gasteiger partial charge in [0.2, 0.25) is 0 Å². The second-order valence-electron chi connectivity index (χ2n) is 4.46. The number of hydrogen-bond donors (Lipinski definition) is 2. The minimum Gasteiger partial charge on any atom is -0.487 e. The number of benzene rings is 1. The molecule has 1 aromatic carbocycles. The molecule has 0 spiro atoms. The topological polar surface area (TPSA) is 84.6 Å². The average Bonchev–Trinajstić information content (AvgIpc) is 2.46. The van der Waals surface area contributed by atoms with Crippen LogP contribution in [0.15, 0.2) is 24.3 Å². The fourth-order valence-electron chi connectivity index (χ4n) is 1.82. The summed E-state index contributed by atoms with van der Waals surface area (Å²) in [6, 6.07) is 6.43. The molecular formula is C14H22N2O4. The van der Waals surface area contributed by atoms with Gasteiger partial charge in [-0.25, -0.2) is 0 Å². The first kappa shape index (κ1) is 16.4. The summed E-state index contributed by atoms with van der Waals surface area (Å²) in [6.45, 7) is 2.21. The lowest BCUT2D eigenvalue weighted by Gasteiger charge is -2.06. The van der Waals surface area contributed by atoms with Crippen molar-refractivity contribution in [3.8, 4) is 5.75 Å². The van der Waals surface area contributed by atoms with Crippen molar-refractivity contribution in [1.82, 2.24) is 5.32 Å². The Kier molecular flexibility index (Phi) is 8.33. The molecule has 0 saturated carbocycles. The molecule has 20 heavy (non-hydrogen) atoms. The molecule has 1 aromatic rings. The highest BCUT2D eigenvalue weighted by molar-refractivity contribution is 5.45. The summed E-state index contributed by atoms with van der Waals surface area (Å²) in [6.07, 6.45) is 4.05. The Morgan fingerprint density at radius 2 is 1.90 bits per heavy atom. The van der Waals surface area contributed by atoms with Crippen molar-refractivity contribution >= 4 is 5.69 Å². The van der Waals surface area contributed by atoms with Crippen LogP contribution >= 0.6 is 0 Å². The summed E-state index contributed by atoms with van der Waals surface area (Å²) in [5.74, 6) is 0.335. The fraction of sp³-hybridized carbons (Fsp3) is 0.571. The summed E-state index contributed by atoms with van der Waals surface area (Å²) in [7, 11) is 0. The maximum Gasteiger partial charge on any atom is 0.310 e. The van der Waals surface area contributed by atoms with Gasteiger partial charge < -0.3 is 15.2 Å². The number of aliphatic hydroxyl groups is 1. The number of unbranched alkanes of at least 4 members (excludes halogenated alkanes) is 3. The van der Waals surface area contributed by atoms with Crippen molar-refractivity contribution in [3.05, 3.63) is 34.4 Å². The Morgan fingerprint density at radius 1 is 1.15 bits per heavy atom. The van der Waals surface area contributed by atoms with Crippen LogP contribution in [0.1, 0.15) is 25.7 Å². The van der Waals surface area contributed by atoms with Crippen LogP contribution in [0.25, 0.3) is 0 Å². The number of ether oxygens (including phenoxy) is 1. The number of para-hydroxylation sites is 2. The first-order valence-corrected chi connectivity index (χ1v) is 6.93. The molecule has 1 rings (SSSR count). The molecule has 0 amide bonds. The van der Waals surface area contributed by atoms with Crippen molar-refractivity contribution in [2.24, 2.45) is 0 Å². The van der Waals surface area contributed by atoms with Crippen LogP contribution in [0.2, 0.25) is 0 Å². The van der Waals surface area contributed by atoms with Gasteiger partial charge in [0.25, 0.3) is 0 Å². The number of nitro groups is 1. The second-order valence-corrected chi connectivity index (χ2v) is 4.46. The van der Waals surface area contributed by atoms with Crippen LogP contribution in [0.3, 0.4) is 0 Å². The lowest BCUT2D eigenvalue weighted by atomic mass is 10.2. The number of nitrogens with one attached hydrogen (secondary N) is 1. The van der Waals surface area contributed by atoms with Crippen molar-refractivity contribution in [1.29, 1.82) is 0 Å². The Balaban J connectivity index is 2.11. The van der Waals surface area contributed by atoms with Crippen LogP contribution < -0.4 is 10.1 Å². The molecule has 0 aliphatic heterocycles. The van der Waals surface area contributed by atoms with Gasteiger partial charge in [-0.15, -0.1) is 0 Å². The van der Waals surface area contributed by atoms with E-state index in [1.807, 2.05) is 0 Å². The van der Waals surface area contributed by atoms with Crippen LogP contribution in [0.5, 0.6) is 5.75 Å². The quantitative estimate of drug-likeness (QED) is 0.369. The van der Waals surface area contributed by atoms with Gasteiger partial charge in [-0.2, -0.15) is 0 Å². The SMILES string of the molecule is O=[N+]([O-])c1ccccc1OCCCCCCNCCO. The molecule has 0 radical (unpaired) electrons. The van der Waals surface area contributed by atoms with E-state index in [1.54, 1.807) is 18.2 Å². The normalized spacial score (nSPS) is 10.4. The van der Waals surface area contributed by atoms with E-state index < -0.39 is 4.92 Å². The minimum atomic E-state index is -0.428. The van der Waals surface area contributed by atoms with Gasteiger partial charge in [-0.05, 0) is 25.5 Å². The van der Waals surface area contributed by atoms with Crippen molar-refractivity contribution in [3.63, 3.8) is 0 Å². The molecule has 0 saturated heterocycles. The third-order valence-corrected chi connectivity index (χ3v) is 2.86. The monoisotopic (exact) mass is 282 g/mol. The highest BCUT2D eigenvalue weighted by atomic mass is 16.6. The van der Waals surface area contributed by atoms with Gasteiger partial charge >= 0.3 is 5.69 Å². The molecule has 112 valence electrons. The second kappa shape index (κ2) is 10.2. The standard InChI is InChI=1S/C14H22N2O4/c17-11-10-15-9-5-1-2-6-12-20-14-8-4-3-7-13(14)16(18)19/h3-4,7-8,15,17H,1-2,5-6,9-12H2. The van der Waals surface area contributed by atoms with E-state index in [0.717, 1.165) is 32.2 Å². The molecule has 6 nitrogen and oxygen atoms in total. The fourth-order valence-corrected chi connectivity index (χ4v) is 1.82. The van der Waals surface area contributed by atoms with E-state index in [1.165, 1.54) is 6.07 Å². The van der Waals surface area contributed by atoms with Gasteiger partial charge in [0.15, 0.2) is 5.75 Å². The van der Waals surface area contributed by atoms with E-state index in [2.05, 4.69) is 5.32 Å². The third-order valence-electron chi connectivity index (χ3n) is 2.86. The lowest BCUT2D eigenvalue weighted by molar-refractivity contribution is -0.385. The number of rotatable bonds is 11. The summed E-state index contributed by atoms with van der Waals surface area (Å²) < 4.78 is 5.45. The van der Waals surface area contributed by atoms with Crippen molar-refractivity contribution in [2.75, 3.05) is 26.3 Å². The van der Waals surface area contributed by atoms with Crippen LogP contribution in [0, 0.1) is 10.1 Å². The lowest BCUT2D eigenvalue weighted by Crippen LogP contribution is -2.19. The third kappa shape index (κ3) is 6.49. The first-order valence-electron chi connectivity index (χ1n) is 6.93. The molecule has 0 unspecified atom stereocenters. The van der Waals surface area contributed by atoms with Crippen molar-refractivity contribution < 1.29 is 14.8 Å². The summed E-state index contributed by atoms with van der Waals surface area (Å²) in [4.78, 5) is 10.4. The van der Waals surface area contributed by atoms with E-state index in [9.17, 15) is 10.1 Å². The molecule has 0 atom stereocenters. The molecule has 0 aliphatic carbocycles. The van der Waals surface area contributed by atoms with E-state index in [-0.39, 0.29) is 12.3 Å². The van der Waals surface area contributed by atoms with Crippen LogP contribution in [0.4, 0.5) is 5.69 Å². The number of nitrogens with zero attached hydrogens (tertiary/aromatic N) is 1. The highest BCUT2D eigenvalue weighted by Gasteiger charge is 2.12. The van der Waals surface area contributed by atoms with Gasteiger partial charge in [0, 0.05) is 12.6 Å². The van der Waals surface area contributed by atoms with Crippen LogP contribution in [-0.4, -0.2) is 36.3 Å². The largest absolute Gasteiger partial charge is 0.487 e. The predicted octanol–water partition coefficient (Wildman–Crippen LogP) is 2.12. The van der Waals surface area contributed by atoms with Gasteiger partial charge in [0.05, 0.1) is 18.1 Å². The number of nitro benzene ring substituents is 1. The van der Waals surface area contributed by atoms with Gasteiger partial charge in [-0.3, -0.25) is 10.1 Å². The number of hydrogen-bond acceptors (Lipinski definition) is 5. The molecule has 6 heteroatoms. The first-order chi connectivity index (χ1) is 9.75. The number of aliphatic hydroxyl groups excluding tert-OH is 1. The Bertz CT molecular complexity index is 399. The minimum absolute atomic E-state index is 0.0145. The maximum absolute atomic E-state index is 10.8. The molecule has 0 bridgehead atoms. The molecule has 0 heterocycles. The molecule has 0 aliphatic rings. The zero-order valence-corrected chi connectivity index (χ0v) is 11.6. The average molecular weight is 282 g/mol. The molecular weight excluding hydrogens is 260 g/mol. The zero-order chi connectivity index (χ0) is 14.6. The molecule has 0 aromatic heterocycles. The molecule has 0 fully saturated rings. The maximum atomic E-state index is 10.8. The smallest absolute Gasteiger partial charge is 0.310 e. The van der Waals surface area contributed by atoms with Crippen LogP contribution in [-0.2, 0) is 0 Å². The zero-order valence-electron chi connectivity index (χ0n) is 11.6. The Hall–Kier alpha value is -1.66. The molecule has 2 N–H and O–H groups in total. The predicted molar refractivity (Wildman–Crippen MR) is 77.0 cm³/mol. The van der Waals surface area contributed by atoms with E-state index in [0.29, 0.717) is 18.9 Å². The van der Waals surface area contributed by atoms with Crippen molar-refractivity contribution in [2.45, 2.75) is 25.7 Å². The Morgan fingerprint density at radius 3 is 2.65 bits per heavy atom. The highest BCUT2D eigenvalue weighted by Crippen LogP contribution is 2.25. The summed E-state index contributed by atoms with van der Waals surface area (Å²) >= 11 is 0. The summed E-state index contributed by atoms with van der Waals surface area (Å²) in [5, 5.41) is 22.5. The van der Waals surface area contributed by atoms with Gasteiger partial charge in [-0.1, -0.05) is 25.0 Å². The van der Waals surface area contributed by atoms with E-state index >= 15 is 0 Å².